The lowest BCUT2D eigenvalue weighted by molar-refractivity contribution is 0.295. The monoisotopic (exact) mass is 251 g/mol. The zero-order valence-corrected chi connectivity index (χ0v) is 11.7. The Morgan fingerprint density at radius 2 is 2.06 bits per heavy atom. The van der Waals surface area contributed by atoms with Crippen LogP contribution in [0.25, 0.3) is 0 Å². The van der Waals surface area contributed by atoms with E-state index >= 15 is 0 Å². The molecule has 0 atom stereocenters. The van der Waals surface area contributed by atoms with Crippen LogP contribution in [0.2, 0.25) is 0 Å². The molecule has 0 spiro atoms. The zero-order valence-electron chi connectivity index (χ0n) is 11.7. The Morgan fingerprint density at radius 1 is 1.39 bits per heavy atom. The van der Waals surface area contributed by atoms with Gasteiger partial charge in [-0.1, -0.05) is 13.8 Å². The van der Waals surface area contributed by atoms with Crippen LogP contribution in [0, 0.1) is 6.92 Å². The van der Waals surface area contributed by atoms with Gasteiger partial charge in [0, 0.05) is 25.3 Å². The summed E-state index contributed by atoms with van der Waals surface area (Å²) in [5.74, 6) is 0.968. The lowest BCUT2D eigenvalue weighted by Gasteiger charge is -2.32. The van der Waals surface area contributed by atoms with Gasteiger partial charge in [-0.15, -0.1) is 0 Å². The van der Waals surface area contributed by atoms with Crippen LogP contribution in [-0.4, -0.2) is 29.3 Å². The first-order valence-electron chi connectivity index (χ1n) is 6.70. The van der Waals surface area contributed by atoms with E-state index in [4.69, 9.17) is 5.73 Å². The van der Waals surface area contributed by atoms with Crippen LogP contribution in [-0.2, 0) is 6.54 Å². The molecular formula is C14H25N3O. The van der Waals surface area contributed by atoms with Crippen LogP contribution < -0.4 is 10.6 Å². The molecule has 4 heteroatoms. The molecule has 3 N–H and O–H groups in total. The van der Waals surface area contributed by atoms with Gasteiger partial charge in [0.15, 0.2) is 0 Å². The summed E-state index contributed by atoms with van der Waals surface area (Å²) in [6.45, 7) is 7.68. The first-order valence-corrected chi connectivity index (χ1v) is 6.70. The molecule has 18 heavy (non-hydrogen) atoms. The number of anilines is 1. The highest BCUT2D eigenvalue weighted by molar-refractivity contribution is 5.48. The smallest absolute Gasteiger partial charge is 0.131 e. The molecule has 0 aromatic carbocycles. The molecule has 1 heterocycles. The molecule has 0 aliphatic rings. The lowest BCUT2D eigenvalue weighted by Crippen LogP contribution is -2.38. The molecule has 4 nitrogen and oxygen atoms in total. The summed E-state index contributed by atoms with van der Waals surface area (Å²) in [6.07, 6.45) is 3.93. The number of aryl methyl sites for hydroxylation is 1. The van der Waals surface area contributed by atoms with Crippen LogP contribution >= 0.6 is 0 Å². The van der Waals surface area contributed by atoms with Gasteiger partial charge in [0.25, 0.3) is 0 Å². The summed E-state index contributed by atoms with van der Waals surface area (Å²) in [5, 5.41) is 9.24. The Morgan fingerprint density at radius 3 is 2.50 bits per heavy atom. The maximum atomic E-state index is 9.24. The average molecular weight is 251 g/mol. The first kappa shape index (κ1) is 14.9. The zero-order chi connectivity index (χ0) is 13.5. The first-order chi connectivity index (χ1) is 8.67. The number of aromatic nitrogens is 1. The van der Waals surface area contributed by atoms with Crippen LogP contribution in [0.1, 0.15) is 37.8 Å². The molecule has 0 saturated carbocycles. The van der Waals surface area contributed by atoms with Crippen molar-refractivity contribution in [3.8, 4) is 0 Å². The average Bonchev–Trinajstić information content (AvgIpc) is 2.39. The SMILES string of the molecule is CCC(CC)N(CCO)c1ncc(CN)cc1C. The Balaban J connectivity index is 3.04. The molecule has 0 saturated heterocycles. The topological polar surface area (TPSA) is 62.4 Å². The third-order valence-electron chi connectivity index (χ3n) is 3.34. The quantitative estimate of drug-likeness (QED) is 0.776. The second-order valence-electron chi connectivity index (χ2n) is 4.58. The number of aliphatic hydroxyl groups excluding tert-OH is 1. The molecule has 0 unspecified atom stereocenters. The highest BCUT2D eigenvalue weighted by atomic mass is 16.3. The number of pyridine rings is 1. The van der Waals surface area contributed by atoms with Crippen molar-refractivity contribution < 1.29 is 5.11 Å². The van der Waals surface area contributed by atoms with E-state index in [2.05, 4.69) is 29.8 Å². The van der Waals surface area contributed by atoms with Gasteiger partial charge in [-0.05, 0) is 37.0 Å². The molecule has 0 radical (unpaired) electrons. The molecule has 0 fully saturated rings. The fraction of sp³-hybridized carbons (Fsp3) is 0.643. The number of rotatable bonds is 7. The molecule has 1 aromatic heterocycles. The van der Waals surface area contributed by atoms with Gasteiger partial charge in [-0.25, -0.2) is 4.98 Å². The minimum absolute atomic E-state index is 0.149. The predicted molar refractivity (Wildman–Crippen MR) is 75.7 cm³/mol. The minimum atomic E-state index is 0.149. The maximum Gasteiger partial charge on any atom is 0.131 e. The number of nitrogens with zero attached hydrogens (tertiary/aromatic N) is 2. The van der Waals surface area contributed by atoms with Crippen molar-refractivity contribution in [2.75, 3.05) is 18.1 Å². The summed E-state index contributed by atoms with van der Waals surface area (Å²) in [6, 6.07) is 2.50. The Kier molecular flexibility index (Phi) is 6.09. The van der Waals surface area contributed by atoms with E-state index in [0.29, 0.717) is 19.1 Å². The van der Waals surface area contributed by atoms with E-state index in [0.717, 1.165) is 29.8 Å². The number of hydrogen-bond donors (Lipinski definition) is 2. The summed E-state index contributed by atoms with van der Waals surface area (Å²) in [4.78, 5) is 6.72. The lowest BCUT2D eigenvalue weighted by atomic mass is 10.1. The van der Waals surface area contributed by atoms with Gasteiger partial charge >= 0.3 is 0 Å². The van der Waals surface area contributed by atoms with E-state index < -0.39 is 0 Å². The fourth-order valence-corrected chi connectivity index (χ4v) is 2.34. The normalized spacial score (nSPS) is 11.0. The number of nitrogens with two attached hydrogens (primary N) is 1. The summed E-state index contributed by atoms with van der Waals surface area (Å²) in [7, 11) is 0. The van der Waals surface area contributed by atoms with Crippen molar-refractivity contribution in [1.29, 1.82) is 0 Å². The summed E-state index contributed by atoms with van der Waals surface area (Å²) in [5.41, 5.74) is 7.79. The van der Waals surface area contributed by atoms with Gasteiger partial charge in [0.2, 0.25) is 0 Å². The van der Waals surface area contributed by atoms with Crippen molar-refractivity contribution >= 4 is 5.82 Å². The predicted octanol–water partition coefficient (Wildman–Crippen LogP) is 1.84. The Labute approximate surface area is 110 Å². The van der Waals surface area contributed by atoms with Gasteiger partial charge in [-0.3, -0.25) is 0 Å². The Bertz CT molecular complexity index is 364. The van der Waals surface area contributed by atoms with Gasteiger partial charge in [0.05, 0.1) is 6.61 Å². The molecule has 0 aliphatic heterocycles. The van der Waals surface area contributed by atoms with Crippen molar-refractivity contribution in [2.24, 2.45) is 5.73 Å². The third-order valence-corrected chi connectivity index (χ3v) is 3.34. The van der Waals surface area contributed by atoms with E-state index in [1.165, 1.54) is 0 Å². The van der Waals surface area contributed by atoms with Crippen LogP contribution in [0.15, 0.2) is 12.3 Å². The highest BCUT2D eigenvalue weighted by Gasteiger charge is 2.18. The third kappa shape index (κ3) is 3.43. The van der Waals surface area contributed by atoms with Gasteiger partial charge in [0.1, 0.15) is 5.82 Å². The molecule has 102 valence electrons. The molecule has 1 rings (SSSR count). The summed E-state index contributed by atoms with van der Waals surface area (Å²) >= 11 is 0. The van der Waals surface area contributed by atoms with Gasteiger partial charge in [-0.2, -0.15) is 0 Å². The molecule has 0 aliphatic carbocycles. The van der Waals surface area contributed by atoms with Crippen molar-refractivity contribution in [2.45, 2.75) is 46.2 Å². The second kappa shape index (κ2) is 7.34. The minimum Gasteiger partial charge on any atom is -0.395 e. The Hall–Kier alpha value is -1.13. The van der Waals surface area contributed by atoms with Crippen molar-refractivity contribution in [3.63, 3.8) is 0 Å². The van der Waals surface area contributed by atoms with Gasteiger partial charge < -0.3 is 15.7 Å². The van der Waals surface area contributed by atoms with Crippen LogP contribution in [0.3, 0.4) is 0 Å². The van der Waals surface area contributed by atoms with E-state index in [9.17, 15) is 5.11 Å². The van der Waals surface area contributed by atoms with E-state index in [-0.39, 0.29) is 6.61 Å². The van der Waals surface area contributed by atoms with Crippen LogP contribution in [0.5, 0.6) is 0 Å². The van der Waals surface area contributed by atoms with Crippen molar-refractivity contribution in [3.05, 3.63) is 23.4 Å². The van der Waals surface area contributed by atoms with Crippen LogP contribution in [0.4, 0.5) is 5.82 Å². The standard InChI is InChI=1S/C14H25N3O/c1-4-13(5-2)17(6-7-18)14-11(3)8-12(9-15)10-16-14/h8,10,13,18H,4-7,9,15H2,1-3H3. The largest absolute Gasteiger partial charge is 0.395 e. The molecule has 0 amide bonds. The van der Waals surface area contributed by atoms with Crippen molar-refractivity contribution in [1.82, 2.24) is 4.98 Å². The van der Waals surface area contributed by atoms with E-state index in [1.807, 2.05) is 13.1 Å². The molecule has 1 aromatic rings. The highest BCUT2D eigenvalue weighted by Crippen LogP contribution is 2.22. The molecular weight excluding hydrogens is 226 g/mol. The number of aliphatic hydroxyl groups is 1. The fourth-order valence-electron chi connectivity index (χ4n) is 2.34. The molecule has 0 bridgehead atoms. The second-order valence-corrected chi connectivity index (χ2v) is 4.58. The summed E-state index contributed by atoms with van der Waals surface area (Å²) < 4.78 is 0. The van der Waals surface area contributed by atoms with E-state index in [1.54, 1.807) is 0 Å². The number of hydrogen-bond acceptors (Lipinski definition) is 4. The maximum absolute atomic E-state index is 9.24.